The van der Waals surface area contributed by atoms with Crippen molar-refractivity contribution in [2.24, 2.45) is 0 Å². The molecule has 2 N–H and O–H groups in total. The van der Waals surface area contributed by atoms with Crippen LogP contribution in [0.2, 0.25) is 0 Å². The van der Waals surface area contributed by atoms with Gasteiger partial charge in [-0.1, -0.05) is 5.21 Å². The zero-order valence-electron chi connectivity index (χ0n) is 13.7. The number of alkyl halides is 2. The molecule has 0 amide bonds. The maximum absolute atomic E-state index is 13.3. The minimum absolute atomic E-state index is 0.0201. The van der Waals surface area contributed by atoms with Gasteiger partial charge in [0.15, 0.2) is 0 Å². The Bertz CT molecular complexity index is 533. The Hall–Kier alpha value is -1.16. The Morgan fingerprint density at radius 3 is 2.92 bits per heavy atom. The lowest BCUT2D eigenvalue weighted by atomic mass is 9.91. The molecule has 7 nitrogen and oxygen atoms in total. The van der Waals surface area contributed by atoms with E-state index in [1.165, 1.54) is 0 Å². The van der Waals surface area contributed by atoms with Gasteiger partial charge in [0.2, 0.25) is 5.92 Å². The molecule has 1 aliphatic carbocycles. The third-order valence-corrected chi connectivity index (χ3v) is 4.69. The van der Waals surface area contributed by atoms with Crippen LogP contribution in [0.25, 0.3) is 0 Å². The molecule has 0 spiro atoms. The summed E-state index contributed by atoms with van der Waals surface area (Å²) in [6.07, 6.45) is 1.44. The predicted octanol–water partition coefficient (Wildman–Crippen LogP) is 0.720. The largest absolute Gasteiger partial charge is 0.389 e. The second-order valence-electron chi connectivity index (χ2n) is 6.63. The van der Waals surface area contributed by atoms with Gasteiger partial charge < -0.3 is 19.9 Å². The molecule has 0 radical (unpaired) electrons. The van der Waals surface area contributed by atoms with Crippen LogP contribution in [-0.4, -0.2) is 64.0 Å². The van der Waals surface area contributed by atoms with Crippen molar-refractivity contribution in [1.82, 2.24) is 20.3 Å². The molecule has 9 heteroatoms. The van der Waals surface area contributed by atoms with E-state index in [1.54, 1.807) is 18.0 Å². The number of halogens is 2. The summed E-state index contributed by atoms with van der Waals surface area (Å²) < 4.78 is 38.8. The van der Waals surface area contributed by atoms with Crippen molar-refractivity contribution in [1.29, 1.82) is 0 Å². The van der Waals surface area contributed by atoms with Gasteiger partial charge in [0.25, 0.3) is 0 Å². The number of aliphatic hydroxyl groups excluding tert-OH is 1. The molecule has 1 aromatic heterocycles. The Morgan fingerprint density at radius 1 is 1.46 bits per heavy atom. The molecule has 2 aliphatic rings. The van der Waals surface area contributed by atoms with Gasteiger partial charge in [0, 0.05) is 26.0 Å². The van der Waals surface area contributed by atoms with Crippen molar-refractivity contribution < 1.29 is 23.4 Å². The molecule has 1 aromatic rings. The van der Waals surface area contributed by atoms with Crippen molar-refractivity contribution >= 4 is 0 Å². The van der Waals surface area contributed by atoms with Crippen molar-refractivity contribution in [2.45, 2.75) is 69.0 Å². The first-order chi connectivity index (χ1) is 11.5. The quantitative estimate of drug-likeness (QED) is 0.790. The Labute approximate surface area is 139 Å². The van der Waals surface area contributed by atoms with Crippen LogP contribution < -0.4 is 5.32 Å². The van der Waals surface area contributed by atoms with Gasteiger partial charge in [-0.15, -0.1) is 5.10 Å². The second kappa shape index (κ2) is 7.38. The molecule has 24 heavy (non-hydrogen) atoms. The molecular weight excluding hydrogens is 322 g/mol. The first-order valence-corrected chi connectivity index (χ1v) is 8.28. The summed E-state index contributed by atoms with van der Waals surface area (Å²) in [5.41, 5.74) is 0.718. The van der Waals surface area contributed by atoms with Gasteiger partial charge in [-0.2, -0.15) is 0 Å². The average molecular weight is 346 g/mol. The van der Waals surface area contributed by atoms with Gasteiger partial charge in [-0.3, -0.25) is 0 Å². The molecule has 0 bridgehead atoms. The Kier molecular flexibility index (Phi) is 5.43. The van der Waals surface area contributed by atoms with E-state index in [0.29, 0.717) is 26.0 Å². The van der Waals surface area contributed by atoms with E-state index >= 15 is 0 Å². The lowest BCUT2D eigenvalue weighted by Gasteiger charge is -2.33. The topological polar surface area (TPSA) is 81.4 Å². The Morgan fingerprint density at radius 2 is 2.21 bits per heavy atom. The minimum atomic E-state index is -2.55. The smallest absolute Gasteiger partial charge is 0.248 e. The third kappa shape index (κ3) is 4.27. The van der Waals surface area contributed by atoms with Crippen molar-refractivity contribution in [3.05, 3.63) is 11.9 Å². The van der Waals surface area contributed by atoms with Crippen molar-refractivity contribution in [3.8, 4) is 0 Å². The summed E-state index contributed by atoms with van der Waals surface area (Å²) in [4.78, 5) is 0. The lowest BCUT2D eigenvalue weighted by Crippen LogP contribution is -2.51. The van der Waals surface area contributed by atoms with Gasteiger partial charge in [-0.25, -0.2) is 13.5 Å². The van der Waals surface area contributed by atoms with Crippen LogP contribution in [0.1, 0.15) is 31.4 Å². The van der Waals surface area contributed by atoms with Crippen molar-refractivity contribution in [3.63, 3.8) is 0 Å². The number of hydrogen-bond acceptors (Lipinski definition) is 6. The Balaban J connectivity index is 1.56. The number of rotatable bonds is 6. The highest BCUT2D eigenvalue weighted by atomic mass is 19.3. The van der Waals surface area contributed by atoms with E-state index in [2.05, 4.69) is 15.6 Å². The molecule has 3 atom stereocenters. The van der Waals surface area contributed by atoms with Gasteiger partial charge in [0.1, 0.15) is 5.69 Å². The molecule has 1 saturated carbocycles. The number of aliphatic hydroxyl groups is 1. The van der Waals surface area contributed by atoms with Gasteiger partial charge >= 0.3 is 0 Å². The fraction of sp³-hybridized carbons (Fsp3) is 0.867. The van der Waals surface area contributed by atoms with Crippen LogP contribution in [0.15, 0.2) is 6.20 Å². The predicted molar refractivity (Wildman–Crippen MR) is 80.6 cm³/mol. The number of ether oxygens (including phenoxy) is 2. The molecule has 1 saturated heterocycles. The summed E-state index contributed by atoms with van der Waals surface area (Å²) >= 11 is 0. The van der Waals surface area contributed by atoms with Crippen LogP contribution >= 0.6 is 0 Å². The fourth-order valence-electron chi connectivity index (χ4n) is 3.37. The normalized spacial score (nSPS) is 30.8. The van der Waals surface area contributed by atoms with E-state index < -0.39 is 12.0 Å². The molecule has 0 aromatic carbocycles. The molecule has 2 fully saturated rings. The third-order valence-electron chi connectivity index (χ3n) is 4.69. The first-order valence-electron chi connectivity index (χ1n) is 8.28. The number of hydrogen-bond donors (Lipinski definition) is 2. The number of nitrogens with one attached hydrogen (secondary N) is 1. The molecule has 1 aliphatic heterocycles. The summed E-state index contributed by atoms with van der Waals surface area (Å²) in [6, 6.07) is -0.315. The first kappa shape index (κ1) is 17.7. The van der Waals surface area contributed by atoms with Crippen molar-refractivity contribution in [2.75, 3.05) is 13.7 Å². The monoisotopic (exact) mass is 346 g/mol. The summed E-state index contributed by atoms with van der Waals surface area (Å²) in [5, 5.41) is 21.5. The van der Waals surface area contributed by atoms with E-state index in [4.69, 9.17) is 9.47 Å². The number of methoxy groups -OCH3 is 1. The van der Waals surface area contributed by atoms with E-state index in [-0.39, 0.29) is 37.6 Å². The second-order valence-corrected chi connectivity index (χ2v) is 6.63. The van der Waals surface area contributed by atoms with E-state index in [1.807, 2.05) is 0 Å². The molecule has 0 unspecified atom stereocenters. The van der Waals surface area contributed by atoms with Gasteiger partial charge in [0.05, 0.1) is 44.2 Å². The van der Waals surface area contributed by atoms with E-state index in [0.717, 1.165) is 5.69 Å². The highest BCUT2D eigenvalue weighted by Gasteiger charge is 2.40. The zero-order valence-corrected chi connectivity index (χ0v) is 13.7. The highest BCUT2D eigenvalue weighted by Crippen LogP contribution is 2.33. The van der Waals surface area contributed by atoms with Crippen LogP contribution in [0.5, 0.6) is 0 Å². The molecule has 3 rings (SSSR count). The maximum Gasteiger partial charge on any atom is 0.248 e. The summed E-state index contributed by atoms with van der Waals surface area (Å²) in [7, 11) is 1.59. The molecular formula is C15H24F2N4O3. The number of aromatic nitrogens is 3. The number of nitrogens with zero attached hydrogens (tertiary/aromatic N) is 3. The van der Waals surface area contributed by atoms with Crippen LogP contribution in [0, 0.1) is 0 Å². The SMILES string of the molecule is COCc1cn(C[C@H]2OC[C@H](O)[C@H]2NC2CCC(F)(F)CC2)nn1. The summed E-state index contributed by atoms with van der Waals surface area (Å²) in [5.74, 6) is -2.55. The average Bonchev–Trinajstić information content (AvgIpc) is 3.11. The van der Waals surface area contributed by atoms with Crippen LogP contribution in [0.4, 0.5) is 8.78 Å². The summed E-state index contributed by atoms with van der Waals surface area (Å²) in [6.45, 7) is 1.05. The molecule has 2 heterocycles. The van der Waals surface area contributed by atoms with Gasteiger partial charge in [-0.05, 0) is 12.8 Å². The minimum Gasteiger partial charge on any atom is -0.389 e. The zero-order chi connectivity index (χ0) is 17.2. The molecule has 136 valence electrons. The van der Waals surface area contributed by atoms with Crippen LogP contribution in [0.3, 0.4) is 0 Å². The maximum atomic E-state index is 13.3. The standard InChI is InChI=1S/C15H24F2N4O3/c1-23-8-11-6-21(20-19-11)7-13-14(12(22)9-24-13)18-10-2-4-15(16,17)5-3-10/h6,10,12-14,18,22H,2-5,7-9H2,1H3/t12-,13+,14+/m0/s1. The highest BCUT2D eigenvalue weighted by molar-refractivity contribution is 4.95. The lowest BCUT2D eigenvalue weighted by molar-refractivity contribution is -0.0428. The van der Waals surface area contributed by atoms with Crippen LogP contribution in [-0.2, 0) is 22.6 Å². The fourth-order valence-corrected chi connectivity index (χ4v) is 3.37. The van der Waals surface area contributed by atoms with E-state index in [9.17, 15) is 13.9 Å².